The molecule has 0 heterocycles. The predicted octanol–water partition coefficient (Wildman–Crippen LogP) is 1.44. The zero-order valence-electron chi connectivity index (χ0n) is 14.2. The number of aliphatic carboxylic acids is 1. The normalized spacial score (nSPS) is 13.6. The van der Waals surface area contributed by atoms with Crippen LogP contribution in [0.25, 0.3) is 0 Å². The van der Waals surface area contributed by atoms with Gasteiger partial charge >= 0.3 is 5.97 Å². The molecule has 0 radical (unpaired) electrons. The molecule has 0 saturated carbocycles. The summed E-state index contributed by atoms with van der Waals surface area (Å²) < 4.78 is 5.69. The third-order valence-corrected chi connectivity index (χ3v) is 2.88. The van der Waals surface area contributed by atoms with Gasteiger partial charge in [-0.1, -0.05) is 38.0 Å². The first-order chi connectivity index (χ1) is 10.2. The largest absolute Gasteiger partial charge is 0.550 e. The number of hydrogen-bond acceptors (Lipinski definition) is 4. The summed E-state index contributed by atoms with van der Waals surface area (Å²) in [6.07, 6.45) is 10.3. The van der Waals surface area contributed by atoms with Crippen LogP contribution in [0.3, 0.4) is 0 Å². The number of carbonyl (C=O) groups excluding carboxylic acids is 2. The van der Waals surface area contributed by atoms with Gasteiger partial charge in [0.2, 0.25) is 0 Å². The van der Waals surface area contributed by atoms with Gasteiger partial charge in [0.05, 0.1) is 21.1 Å². The minimum atomic E-state index is -1.22. The lowest BCUT2D eigenvalue weighted by Gasteiger charge is -2.28. The smallest absolute Gasteiger partial charge is 0.331 e. The summed E-state index contributed by atoms with van der Waals surface area (Å²) in [4.78, 5) is 22.4. The Bertz CT molecular complexity index is 394. The van der Waals surface area contributed by atoms with Crippen LogP contribution in [0.15, 0.2) is 24.3 Å². The number of nitrogens with zero attached hydrogens (tertiary/aromatic N) is 1. The average Bonchev–Trinajstić information content (AvgIpc) is 2.34. The van der Waals surface area contributed by atoms with Crippen LogP contribution in [0.2, 0.25) is 0 Å². The van der Waals surface area contributed by atoms with Crippen molar-refractivity contribution in [3.8, 4) is 0 Å². The molecular formula is C17H29NO4. The molecule has 0 spiro atoms. The Morgan fingerprint density at radius 3 is 2.41 bits per heavy atom. The molecular weight excluding hydrogens is 282 g/mol. The number of esters is 1. The molecule has 5 nitrogen and oxygen atoms in total. The number of allylic oxidation sites excluding steroid dienone is 3. The highest BCUT2D eigenvalue weighted by atomic mass is 16.5. The van der Waals surface area contributed by atoms with Crippen LogP contribution < -0.4 is 5.11 Å². The van der Waals surface area contributed by atoms with Gasteiger partial charge in [-0.25, -0.2) is 4.79 Å². The fourth-order valence-corrected chi connectivity index (χ4v) is 1.96. The lowest BCUT2D eigenvalue weighted by atomic mass is 10.2. The van der Waals surface area contributed by atoms with Gasteiger partial charge in [-0.3, -0.25) is 0 Å². The summed E-state index contributed by atoms with van der Waals surface area (Å²) in [5.74, 6) is -1.75. The highest BCUT2D eigenvalue weighted by molar-refractivity contribution is 5.82. The Balaban J connectivity index is 4.29. The minimum Gasteiger partial charge on any atom is -0.550 e. The Morgan fingerprint density at radius 2 is 1.86 bits per heavy atom. The number of rotatable bonds is 11. The molecule has 0 aliphatic heterocycles. The fourth-order valence-electron chi connectivity index (χ4n) is 1.96. The summed E-state index contributed by atoms with van der Waals surface area (Å²) >= 11 is 0. The maximum Gasteiger partial charge on any atom is 0.331 e. The van der Waals surface area contributed by atoms with Crippen molar-refractivity contribution in [3.63, 3.8) is 0 Å². The third-order valence-electron chi connectivity index (χ3n) is 2.88. The first-order valence-electron chi connectivity index (χ1n) is 7.78. The second-order valence-corrected chi connectivity index (χ2v) is 6.39. The molecule has 0 unspecified atom stereocenters. The Hall–Kier alpha value is -1.62. The van der Waals surface area contributed by atoms with E-state index in [2.05, 4.69) is 6.92 Å². The van der Waals surface area contributed by atoms with E-state index in [1.54, 1.807) is 6.08 Å². The lowest BCUT2D eigenvalue weighted by molar-refractivity contribution is -0.873. The van der Waals surface area contributed by atoms with E-state index < -0.39 is 18.0 Å². The van der Waals surface area contributed by atoms with Crippen LogP contribution in [-0.2, 0) is 14.3 Å². The van der Waals surface area contributed by atoms with Gasteiger partial charge in [-0.15, -0.1) is 0 Å². The number of carboxylic acid groups (broad SMARTS) is 1. The molecule has 5 heteroatoms. The molecule has 0 bridgehead atoms. The van der Waals surface area contributed by atoms with Crippen molar-refractivity contribution in [2.75, 3.05) is 27.7 Å². The predicted molar refractivity (Wildman–Crippen MR) is 84.8 cm³/mol. The van der Waals surface area contributed by atoms with Crippen molar-refractivity contribution in [1.82, 2.24) is 0 Å². The summed E-state index contributed by atoms with van der Waals surface area (Å²) in [5, 5.41) is 10.7. The second kappa shape index (κ2) is 11.0. The van der Waals surface area contributed by atoms with Crippen molar-refractivity contribution in [2.45, 2.75) is 45.1 Å². The molecule has 0 aromatic heterocycles. The molecule has 0 amide bonds. The standard InChI is InChI=1S/C17H29NO4/c1-5-6-7-8-9-10-11-12-17(21)22-15(13-16(19)20)14-18(2,3)4/h9-12,15H,5-8,13-14H2,1-4H3/t15-/m1/s1. The van der Waals surface area contributed by atoms with Gasteiger partial charge in [0.1, 0.15) is 6.54 Å². The van der Waals surface area contributed by atoms with Crippen molar-refractivity contribution in [1.29, 1.82) is 0 Å². The average molecular weight is 311 g/mol. The maximum absolute atomic E-state index is 11.7. The summed E-state index contributed by atoms with van der Waals surface area (Å²) in [5.41, 5.74) is 0. The Kier molecular flexibility index (Phi) is 10.2. The number of likely N-dealkylation sites (N-methyl/N-ethyl adjacent to an activating group) is 1. The molecule has 0 aliphatic rings. The number of unbranched alkanes of at least 4 members (excludes halogenated alkanes) is 3. The van der Waals surface area contributed by atoms with Crippen molar-refractivity contribution in [3.05, 3.63) is 24.3 Å². The van der Waals surface area contributed by atoms with E-state index in [9.17, 15) is 14.7 Å². The van der Waals surface area contributed by atoms with E-state index in [0.717, 1.165) is 12.8 Å². The quantitative estimate of drug-likeness (QED) is 0.190. The van der Waals surface area contributed by atoms with E-state index in [1.165, 1.54) is 18.9 Å². The van der Waals surface area contributed by atoms with Gasteiger partial charge in [0.25, 0.3) is 0 Å². The van der Waals surface area contributed by atoms with E-state index in [-0.39, 0.29) is 6.42 Å². The van der Waals surface area contributed by atoms with E-state index >= 15 is 0 Å². The topological polar surface area (TPSA) is 66.4 Å². The molecule has 0 aliphatic carbocycles. The van der Waals surface area contributed by atoms with Crippen molar-refractivity contribution < 1.29 is 23.9 Å². The lowest BCUT2D eigenvalue weighted by Crippen LogP contribution is -2.45. The van der Waals surface area contributed by atoms with Crippen LogP contribution in [0.4, 0.5) is 0 Å². The number of carboxylic acids is 1. The van der Waals surface area contributed by atoms with E-state index in [0.29, 0.717) is 11.0 Å². The van der Waals surface area contributed by atoms with E-state index in [1.807, 2.05) is 33.3 Å². The highest BCUT2D eigenvalue weighted by Gasteiger charge is 2.21. The first kappa shape index (κ1) is 20.4. The van der Waals surface area contributed by atoms with E-state index in [4.69, 9.17) is 4.74 Å². The molecule has 1 atom stereocenters. The fraction of sp³-hybridized carbons (Fsp3) is 0.647. The summed E-state index contributed by atoms with van der Waals surface area (Å²) in [6, 6.07) is 0. The molecule has 126 valence electrons. The summed E-state index contributed by atoms with van der Waals surface area (Å²) in [7, 11) is 5.72. The SMILES string of the molecule is CCCCCC=CC=CC(=O)O[C@H](CC(=O)[O-])C[N+](C)(C)C. The molecule has 0 N–H and O–H groups in total. The first-order valence-corrected chi connectivity index (χ1v) is 7.78. The van der Waals surface area contributed by atoms with Gasteiger partial charge in [-0.2, -0.15) is 0 Å². The second-order valence-electron chi connectivity index (χ2n) is 6.39. The Morgan fingerprint density at radius 1 is 1.18 bits per heavy atom. The van der Waals surface area contributed by atoms with Gasteiger partial charge in [0, 0.05) is 18.5 Å². The van der Waals surface area contributed by atoms with Gasteiger partial charge < -0.3 is 19.1 Å². The molecule has 0 fully saturated rings. The maximum atomic E-state index is 11.7. The van der Waals surface area contributed by atoms with Crippen molar-refractivity contribution in [2.24, 2.45) is 0 Å². The third kappa shape index (κ3) is 13.4. The van der Waals surface area contributed by atoms with Crippen LogP contribution in [0.1, 0.15) is 39.0 Å². The van der Waals surface area contributed by atoms with Crippen molar-refractivity contribution >= 4 is 11.9 Å². The monoisotopic (exact) mass is 311 g/mol. The van der Waals surface area contributed by atoms with Crippen LogP contribution >= 0.6 is 0 Å². The summed E-state index contributed by atoms with van der Waals surface area (Å²) in [6.45, 7) is 2.57. The molecule has 0 saturated heterocycles. The Labute approximate surface area is 133 Å². The molecule has 0 aromatic carbocycles. The number of ether oxygens (including phenoxy) is 1. The molecule has 0 rings (SSSR count). The number of hydrogen-bond donors (Lipinski definition) is 0. The van der Waals surface area contributed by atoms with Gasteiger partial charge in [0.15, 0.2) is 6.10 Å². The highest BCUT2D eigenvalue weighted by Crippen LogP contribution is 2.05. The molecule has 22 heavy (non-hydrogen) atoms. The van der Waals surface area contributed by atoms with Crippen LogP contribution in [-0.4, -0.2) is 50.2 Å². The van der Waals surface area contributed by atoms with Crippen LogP contribution in [0.5, 0.6) is 0 Å². The minimum absolute atomic E-state index is 0.290. The van der Waals surface area contributed by atoms with Gasteiger partial charge in [-0.05, 0) is 12.8 Å². The number of carbonyl (C=O) groups is 2. The molecule has 0 aromatic rings. The zero-order chi connectivity index (χ0) is 17.0. The van der Waals surface area contributed by atoms with Crippen LogP contribution in [0, 0.1) is 0 Å². The zero-order valence-corrected chi connectivity index (χ0v) is 14.2. The number of quaternary nitrogens is 1.